The average molecular weight is 565 g/mol. The molecule has 2 heterocycles. The molecule has 0 radical (unpaired) electrons. The summed E-state index contributed by atoms with van der Waals surface area (Å²) >= 11 is 1.84. The number of guanidine groups is 1. The first kappa shape index (κ1) is 26.8. The molecule has 0 aromatic carbocycles. The Labute approximate surface area is 209 Å². The van der Waals surface area contributed by atoms with Crippen LogP contribution in [0, 0.1) is 5.41 Å². The van der Waals surface area contributed by atoms with E-state index >= 15 is 0 Å². The first-order valence-electron chi connectivity index (χ1n) is 11.6. The normalized spacial score (nSPS) is 22.7. The largest absolute Gasteiger partial charge is 0.385 e. The van der Waals surface area contributed by atoms with Crippen molar-refractivity contribution >= 4 is 41.3 Å². The van der Waals surface area contributed by atoms with Gasteiger partial charge in [0, 0.05) is 51.3 Å². The summed E-state index contributed by atoms with van der Waals surface area (Å²) in [5.74, 6) is 0.934. The molecule has 2 atom stereocenters. The van der Waals surface area contributed by atoms with Crippen molar-refractivity contribution < 1.29 is 9.47 Å². The Morgan fingerprint density at radius 1 is 1.39 bits per heavy atom. The number of rotatable bonds is 10. The molecular formula is C23H41IN4O2S. The smallest absolute Gasteiger partial charge is 0.191 e. The molecule has 1 aliphatic heterocycles. The summed E-state index contributed by atoms with van der Waals surface area (Å²) in [6.45, 7) is 10.5. The van der Waals surface area contributed by atoms with Crippen molar-refractivity contribution in [2.75, 3.05) is 53.0 Å². The fraction of sp³-hybridized carbons (Fsp3) is 0.783. The Bertz CT molecular complexity index is 638. The molecule has 2 fully saturated rings. The molecule has 2 N–H and O–H groups in total. The second-order valence-electron chi connectivity index (χ2n) is 8.73. The summed E-state index contributed by atoms with van der Waals surface area (Å²) in [6, 6.07) is 4.74. The number of morpholine rings is 1. The van der Waals surface area contributed by atoms with Crippen LogP contribution in [0.25, 0.3) is 0 Å². The minimum atomic E-state index is 0. The number of ether oxygens (including phenoxy) is 2. The zero-order valence-electron chi connectivity index (χ0n) is 19.4. The van der Waals surface area contributed by atoms with Gasteiger partial charge >= 0.3 is 0 Å². The Kier molecular flexibility index (Phi) is 12.1. The molecule has 3 rings (SSSR count). The predicted molar refractivity (Wildman–Crippen MR) is 141 cm³/mol. The molecule has 0 amide bonds. The van der Waals surface area contributed by atoms with Crippen LogP contribution in [0.1, 0.15) is 56.9 Å². The fourth-order valence-corrected chi connectivity index (χ4v) is 5.59. The molecule has 1 saturated carbocycles. The molecule has 1 aliphatic carbocycles. The molecule has 178 valence electrons. The minimum Gasteiger partial charge on any atom is -0.385 e. The molecule has 8 heteroatoms. The van der Waals surface area contributed by atoms with Crippen LogP contribution in [0.4, 0.5) is 0 Å². The first-order chi connectivity index (χ1) is 14.7. The van der Waals surface area contributed by atoms with Crippen LogP contribution in [-0.2, 0) is 9.47 Å². The first-order valence-corrected chi connectivity index (χ1v) is 12.4. The van der Waals surface area contributed by atoms with Crippen LogP contribution in [0.3, 0.4) is 0 Å². The lowest BCUT2D eigenvalue weighted by atomic mass is 9.83. The number of nitrogens with one attached hydrogen (secondary N) is 2. The SMILES string of the molecule is CCNC(=NCC1(CCOC)CCCC1)NCC(c1cccs1)N1CCOC(C)C1.I. The van der Waals surface area contributed by atoms with E-state index in [1.54, 1.807) is 7.11 Å². The Morgan fingerprint density at radius 2 is 2.19 bits per heavy atom. The quantitative estimate of drug-likeness (QED) is 0.253. The Hall–Kier alpha value is -0.420. The Morgan fingerprint density at radius 3 is 2.84 bits per heavy atom. The fourth-order valence-electron chi connectivity index (χ4n) is 4.73. The summed E-state index contributed by atoms with van der Waals surface area (Å²) in [7, 11) is 1.80. The topological polar surface area (TPSA) is 58.1 Å². The van der Waals surface area contributed by atoms with Crippen LogP contribution < -0.4 is 10.6 Å². The lowest BCUT2D eigenvalue weighted by Gasteiger charge is -2.37. The molecule has 1 aromatic rings. The van der Waals surface area contributed by atoms with Gasteiger partial charge in [-0.1, -0.05) is 18.9 Å². The van der Waals surface area contributed by atoms with E-state index in [0.717, 1.165) is 58.3 Å². The van der Waals surface area contributed by atoms with Crippen molar-refractivity contribution in [3.05, 3.63) is 22.4 Å². The van der Waals surface area contributed by atoms with Crippen LogP contribution in [0.15, 0.2) is 22.5 Å². The Balaban J connectivity index is 0.00000341. The molecule has 0 bridgehead atoms. The molecule has 31 heavy (non-hydrogen) atoms. The number of aliphatic imine (C=N–C) groups is 1. The monoisotopic (exact) mass is 564 g/mol. The zero-order chi connectivity index (χ0) is 21.2. The van der Waals surface area contributed by atoms with E-state index in [9.17, 15) is 0 Å². The van der Waals surface area contributed by atoms with Crippen LogP contribution in [0.2, 0.25) is 0 Å². The third kappa shape index (κ3) is 8.14. The predicted octanol–water partition coefficient (Wildman–Crippen LogP) is 4.28. The van der Waals surface area contributed by atoms with Crippen molar-refractivity contribution in [2.24, 2.45) is 10.4 Å². The molecule has 0 spiro atoms. The van der Waals surface area contributed by atoms with Gasteiger partial charge in [-0.15, -0.1) is 35.3 Å². The second kappa shape index (κ2) is 14.0. The molecule has 6 nitrogen and oxygen atoms in total. The summed E-state index contributed by atoms with van der Waals surface area (Å²) in [6.07, 6.45) is 6.56. The van der Waals surface area contributed by atoms with E-state index < -0.39 is 0 Å². The number of hydrogen-bond acceptors (Lipinski definition) is 5. The number of halogens is 1. The van der Waals surface area contributed by atoms with Crippen molar-refractivity contribution in [1.82, 2.24) is 15.5 Å². The van der Waals surface area contributed by atoms with Gasteiger partial charge in [-0.2, -0.15) is 0 Å². The van der Waals surface area contributed by atoms with E-state index in [0.29, 0.717) is 11.5 Å². The standard InChI is InChI=1S/C23H40N4O2S.HI/c1-4-24-22(26-18-23(11-13-28-3)9-5-6-10-23)25-16-20(21-8-7-15-30-21)27-12-14-29-19(2)17-27;/h7-8,15,19-20H,4-6,9-14,16-18H2,1-3H3,(H2,24,25,26);1H. The zero-order valence-corrected chi connectivity index (χ0v) is 22.5. The number of methoxy groups -OCH3 is 1. The third-order valence-corrected chi connectivity index (χ3v) is 7.44. The summed E-state index contributed by atoms with van der Waals surface area (Å²) in [5, 5.41) is 9.28. The highest BCUT2D eigenvalue weighted by molar-refractivity contribution is 14.0. The van der Waals surface area contributed by atoms with Crippen LogP contribution in [-0.4, -0.2) is 70.0 Å². The molecule has 1 aromatic heterocycles. The highest BCUT2D eigenvalue weighted by Gasteiger charge is 2.33. The van der Waals surface area contributed by atoms with Gasteiger partial charge in [-0.25, -0.2) is 0 Å². The maximum atomic E-state index is 5.77. The highest BCUT2D eigenvalue weighted by atomic mass is 127. The van der Waals surface area contributed by atoms with Gasteiger partial charge in [0.25, 0.3) is 0 Å². The van der Waals surface area contributed by atoms with Crippen molar-refractivity contribution in [3.63, 3.8) is 0 Å². The van der Waals surface area contributed by atoms with E-state index in [-0.39, 0.29) is 30.1 Å². The van der Waals surface area contributed by atoms with Gasteiger partial charge in [0.2, 0.25) is 0 Å². The van der Waals surface area contributed by atoms with Gasteiger partial charge in [0.1, 0.15) is 0 Å². The van der Waals surface area contributed by atoms with E-state index in [1.165, 1.54) is 30.6 Å². The number of nitrogens with zero attached hydrogens (tertiary/aromatic N) is 2. The maximum Gasteiger partial charge on any atom is 0.191 e. The van der Waals surface area contributed by atoms with Crippen LogP contribution in [0.5, 0.6) is 0 Å². The van der Waals surface area contributed by atoms with Crippen molar-refractivity contribution in [3.8, 4) is 0 Å². The third-order valence-electron chi connectivity index (χ3n) is 6.47. The van der Waals surface area contributed by atoms with E-state index in [1.807, 2.05) is 11.3 Å². The molecule has 2 unspecified atom stereocenters. The van der Waals surface area contributed by atoms with Gasteiger partial charge in [-0.3, -0.25) is 9.89 Å². The lowest BCUT2D eigenvalue weighted by molar-refractivity contribution is -0.0334. The molecular weight excluding hydrogens is 523 g/mol. The van der Waals surface area contributed by atoms with Crippen LogP contribution >= 0.6 is 35.3 Å². The maximum absolute atomic E-state index is 5.77. The minimum absolute atomic E-state index is 0. The van der Waals surface area contributed by atoms with E-state index in [4.69, 9.17) is 14.5 Å². The van der Waals surface area contributed by atoms with Gasteiger partial charge < -0.3 is 20.1 Å². The summed E-state index contributed by atoms with van der Waals surface area (Å²) in [4.78, 5) is 8.98. The average Bonchev–Trinajstić information content (AvgIpc) is 3.44. The number of thiophene rings is 1. The summed E-state index contributed by atoms with van der Waals surface area (Å²) in [5.41, 5.74) is 0.311. The van der Waals surface area contributed by atoms with Crippen molar-refractivity contribution in [1.29, 1.82) is 0 Å². The second-order valence-corrected chi connectivity index (χ2v) is 9.71. The number of hydrogen-bond donors (Lipinski definition) is 2. The molecule has 2 aliphatic rings. The highest BCUT2D eigenvalue weighted by Crippen LogP contribution is 2.41. The van der Waals surface area contributed by atoms with Crippen molar-refractivity contribution in [2.45, 2.75) is 58.1 Å². The van der Waals surface area contributed by atoms with Gasteiger partial charge in [0.05, 0.1) is 18.8 Å². The van der Waals surface area contributed by atoms with Gasteiger partial charge in [0.15, 0.2) is 5.96 Å². The van der Waals surface area contributed by atoms with E-state index in [2.05, 4.69) is 46.9 Å². The lowest BCUT2D eigenvalue weighted by Crippen LogP contribution is -2.48. The molecule has 1 saturated heterocycles. The van der Waals surface area contributed by atoms with Gasteiger partial charge in [-0.05, 0) is 50.0 Å². The summed E-state index contributed by atoms with van der Waals surface area (Å²) < 4.78 is 11.2.